The fourth-order valence-electron chi connectivity index (χ4n) is 1.25. The number of methoxy groups -OCH3 is 1. The Balaban J connectivity index is 2.66. The zero-order valence-electron chi connectivity index (χ0n) is 7.32. The molecule has 1 heterocycles. The summed E-state index contributed by atoms with van der Waals surface area (Å²) in [5, 5.41) is 1.03. The molecule has 13 heavy (non-hydrogen) atoms. The van der Waals surface area contributed by atoms with E-state index in [-0.39, 0.29) is 0 Å². The van der Waals surface area contributed by atoms with Gasteiger partial charge in [-0.2, -0.15) is 0 Å². The van der Waals surface area contributed by atoms with E-state index < -0.39 is 0 Å². The van der Waals surface area contributed by atoms with E-state index in [1.54, 1.807) is 13.3 Å². The molecule has 0 bridgehead atoms. The van der Waals surface area contributed by atoms with Gasteiger partial charge in [0.15, 0.2) is 0 Å². The van der Waals surface area contributed by atoms with Crippen molar-refractivity contribution in [3.8, 4) is 5.75 Å². The lowest BCUT2D eigenvalue weighted by molar-refractivity contribution is 0.415. The Hall–Kier alpha value is -1.77. The standard InChI is InChI=1S/C10H10N2O/c1-13-9-3-2-7-4-8(11)6-12-10(7)5-9/h2-6H,11H2,1H3. The summed E-state index contributed by atoms with van der Waals surface area (Å²) in [6, 6.07) is 7.61. The Morgan fingerprint density at radius 1 is 1.31 bits per heavy atom. The highest BCUT2D eigenvalue weighted by atomic mass is 16.5. The van der Waals surface area contributed by atoms with Crippen LogP contribution in [0.1, 0.15) is 0 Å². The number of nitrogens with zero attached hydrogens (tertiary/aromatic N) is 1. The summed E-state index contributed by atoms with van der Waals surface area (Å²) in [4.78, 5) is 4.18. The number of nitrogen functional groups attached to an aromatic ring is 1. The Labute approximate surface area is 76.2 Å². The zero-order chi connectivity index (χ0) is 9.26. The molecule has 2 N–H and O–H groups in total. The Kier molecular flexibility index (Phi) is 1.77. The lowest BCUT2D eigenvalue weighted by Gasteiger charge is -2.01. The van der Waals surface area contributed by atoms with Crippen molar-refractivity contribution < 1.29 is 4.74 Å². The van der Waals surface area contributed by atoms with Crippen LogP contribution in [0.5, 0.6) is 5.75 Å². The molecular weight excluding hydrogens is 164 g/mol. The summed E-state index contributed by atoms with van der Waals surface area (Å²) >= 11 is 0. The third-order valence-corrected chi connectivity index (χ3v) is 1.91. The van der Waals surface area contributed by atoms with Crippen molar-refractivity contribution in [1.29, 1.82) is 0 Å². The van der Waals surface area contributed by atoms with Gasteiger partial charge in [-0.15, -0.1) is 0 Å². The van der Waals surface area contributed by atoms with Crippen LogP contribution in [0.4, 0.5) is 5.69 Å². The summed E-state index contributed by atoms with van der Waals surface area (Å²) in [5.41, 5.74) is 7.18. The largest absolute Gasteiger partial charge is 0.497 e. The topological polar surface area (TPSA) is 48.1 Å². The van der Waals surface area contributed by atoms with Crippen molar-refractivity contribution in [2.75, 3.05) is 12.8 Å². The smallest absolute Gasteiger partial charge is 0.121 e. The summed E-state index contributed by atoms with van der Waals surface area (Å²) in [5.74, 6) is 0.810. The second-order valence-corrected chi connectivity index (χ2v) is 2.83. The van der Waals surface area contributed by atoms with Gasteiger partial charge in [0.25, 0.3) is 0 Å². The molecule has 3 heteroatoms. The lowest BCUT2D eigenvalue weighted by atomic mass is 10.2. The van der Waals surface area contributed by atoms with Crippen molar-refractivity contribution >= 4 is 16.6 Å². The van der Waals surface area contributed by atoms with E-state index in [4.69, 9.17) is 10.5 Å². The van der Waals surface area contributed by atoms with Crippen molar-refractivity contribution in [2.45, 2.75) is 0 Å². The molecule has 0 radical (unpaired) electrons. The number of rotatable bonds is 1. The fourth-order valence-corrected chi connectivity index (χ4v) is 1.25. The molecule has 0 atom stereocenters. The zero-order valence-corrected chi connectivity index (χ0v) is 7.32. The van der Waals surface area contributed by atoms with Crippen LogP contribution in [0.15, 0.2) is 30.5 Å². The fraction of sp³-hybridized carbons (Fsp3) is 0.100. The monoisotopic (exact) mass is 174 g/mol. The number of hydrogen-bond donors (Lipinski definition) is 1. The van der Waals surface area contributed by atoms with Gasteiger partial charge in [-0.05, 0) is 18.2 Å². The van der Waals surface area contributed by atoms with Crippen LogP contribution in [-0.2, 0) is 0 Å². The first-order valence-corrected chi connectivity index (χ1v) is 3.99. The van der Waals surface area contributed by atoms with E-state index in [9.17, 15) is 0 Å². The molecule has 0 aliphatic heterocycles. The molecule has 0 spiro atoms. The minimum absolute atomic E-state index is 0.678. The van der Waals surface area contributed by atoms with Gasteiger partial charge in [0.1, 0.15) is 5.75 Å². The highest BCUT2D eigenvalue weighted by Crippen LogP contribution is 2.19. The van der Waals surface area contributed by atoms with Crippen LogP contribution in [0, 0.1) is 0 Å². The van der Waals surface area contributed by atoms with Crippen molar-refractivity contribution in [2.24, 2.45) is 0 Å². The summed E-state index contributed by atoms with van der Waals surface area (Å²) in [6.45, 7) is 0. The molecule has 2 aromatic rings. The molecular formula is C10H10N2O. The van der Waals surface area contributed by atoms with Gasteiger partial charge >= 0.3 is 0 Å². The first-order valence-electron chi connectivity index (χ1n) is 3.99. The molecule has 0 aliphatic carbocycles. The third kappa shape index (κ3) is 1.40. The van der Waals surface area contributed by atoms with Gasteiger partial charge in [-0.3, -0.25) is 4.98 Å². The van der Waals surface area contributed by atoms with Crippen LogP contribution in [0.3, 0.4) is 0 Å². The number of benzene rings is 1. The highest BCUT2D eigenvalue weighted by molar-refractivity contribution is 5.82. The molecule has 0 amide bonds. The second kappa shape index (κ2) is 2.94. The van der Waals surface area contributed by atoms with Crippen LogP contribution < -0.4 is 10.5 Å². The molecule has 1 aromatic carbocycles. The molecule has 1 aromatic heterocycles. The Bertz CT molecular complexity index is 440. The molecule has 0 unspecified atom stereocenters. The number of aromatic nitrogens is 1. The predicted molar refractivity (Wildman–Crippen MR) is 52.7 cm³/mol. The average Bonchev–Trinajstić information content (AvgIpc) is 2.17. The molecule has 2 rings (SSSR count). The molecule has 0 saturated heterocycles. The minimum Gasteiger partial charge on any atom is -0.497 e. The van der Waals surface area contributed by atoms with Gasteiger partial charge in [0, 0.05) is 11.5 Å². The number of ether oxygens (including phenoxy) is 1. The average molecular weight is 174 g/mol. The maximum Gasteiger partial charge on any atom is 0.121 e. The summed E-state index contributed by atoms with van der Waals surface area (Å²) in [6.07, 6.45) is 1.64. The lowest BCUT2D eigenvalue weighted by Crippen LogP contribution is -1.88. The van der Waals surface area contributed by atoms with Crippen LogP contribution in [0.2, 0.25) is 0 Å². The number of anilines is 1. The Morgan fingerprint density at radius 2 is 2.15 bits per heavy atom. The second-order valence-electron chi connectivity index (χ2n) is 2.83. The van der Waals surface area contributed by atoms with Crippen molar-refractivity contribution in [3.05, 3.63) is 30.5 Å². The number of nitrogens with two attached hydrogens (primary N) is 1. The van der Waals surface area contributed by atoms with Gasteiger partial charge < -0.3 is 10.5 Å². The van der Waals surface area contributed by atoms with E-state index >= 15 is 0 Å². The molecule has 3 nitrogen and oxygen atoms in total. The third-order valence-electron chi connectivity index (χ3n) is 1.91. The first kappa shape index (κ1) is 7.86. The van der Waals surface area contributed by atoms with Crippen molar-refractivity contribution in [3.63, 3.8) is 0 Å². The van der Waals surface area contributed by atoms with Gasteiger partial charge in [-0.1, -0.05) is 0 Å². The van der Waals surface area contributed by atoms with E-state index in [1.807, 2.05) is 24.3 Å². The van der Waals surface area contributed by atoms with Crippen molar-refractivity contribution in [1.82, 2.24) is 4.98 Å². The van der Waals surface area contributed by atoms with Crippen LogP contribution in [-0.4, -0.2) is 12.1 Å². The van der Waals surface area contributed by atoms with E-state index in [1.165, 1.54) is 0 Å². The van der Waals surface area contributed by atoms with E-state index in [0.29, 0.717) is 5.69 Å². The van der Waals surface area contributed by atoms with Gasteiger partial charge in [0.05, 0.1) is 24.5 Å². The number of pyridine rings is 1. The first-order chi connectivity index (χ1) is 6.29. The van der Waals surface area contributed by atoms with Gasteiger partial charge in [0.2, 0.25) is 0 Å². The number of hydrogen-bond acceptors (Lipinski definition) is 3. The molecule has 0 saturated carbocycles. The SMILES string of the molecule is COc1ccc2cc(N)cnc2c1. The predicted octanol–water partition coefficient (Wildman–Crippen LogP) is 1.83. The summed E-state index contributed by atoms with van der Waals surface area (Å²) < 4.78 is 5.08. The molecule has 0 aliphatic rings. The summed E-state index contributed by atoms with van der Waals surface area (Å²) in [7, 11) is 1.64. The highest BCUT2D eigenvalue weighted by Gasteiger charge is 1.97. The maximum atomic E-state index is 5.60. The number of fused-ring (bicyclic) bond motifs is 1. The minimum atomic E-state index is 0.678. The van der Waals surface area contributed by atoms with E-state index in [2.05, 4.69) is 4.98 Å². The Morgan fingerprint density at radius 3 is 2.92 bits per heavy atom. The van der Waals surface area contributed by atoms with Crippen LogP contribution in [0.25, 0.3) is 10.9 Å². The maximum absolute atomic E-state index is 5.60. The molecule has 0 fully saturated rings. The normalized spacial score (nSPS) is 10.2. The molecule has 66 valence electrons. The van der Waals surface area contributed by atoms with Crippen LogP contribution >= 0.6 is 0 Å². The van der Waals surface area contributed by atoms with E-state index in [0.717, 1.165) is 16.7 Å². The van der Waals surface area contributed by atoms with Gasteiger partial charge in [-0.25, -0.2) is 0 Å². The quantitative estimate of drug-likeness (QED) is 0.717.